The van der Waals surface area contributed by atoms with Crippen LogP contribution in [0.5, 0.6) is 0 Å². The number of guanidine groups is 1. The lowest BCUT2D eigenvalue weighted by Crippen LogP contribution is -2.41. The summed E-state index contributed by atoms with van der Waals surface area (Å²) in [5.74, 6) is 3.94. The molecule has 0 bridgehead atoms. The highest BCUT2D eigenvalue weighted by Gasteiger charge is 2.25. The molecule has 5 heteroatoms. The summed E-state index contributed by atoms with van der Waals surface area (Å²) in [7, 11) is 1.92. The molecule has 2 aliphatic rings. The second-order valence-electron chi connectivity index (χ2n) is 7.87. The van der Waals surface area contributed by atoms with Crippen molar-refractivity contribution in [1.82, 2.24) is 15.1 Å². The van der Waals surface area contributed by atoms with E-state index in [4.69, 9.17) is 0 Å². The first-order valence-corrected chi connectivity index (χ1v) is 11.6. The fourth-order valence-electron chi connectivity index (χ4n) is 4.20. The first kappa shape index (κ1) is 20.5. The van der Waals surface area contributed by atoms with Gasteiger partial charge in [-0.3, -0.25) is 4.99 Å². The summed E-state index contributed by atoms with van der Waals surface area (Å²) in [6.07, 6.45) is 5.26. The molecule has 2 saturated heterocycles. The first-order valence-electron chi connectivity index (χ1n) is 10.6. The third kappa shape index (κ3) is 6.42. The Hall–Kier alpha value is -1.20. The Kier molecular flexibility index (Phi) is 8.34. The molecule has 150 valence electrons. The Labute approximate surface area is 169 Å². The van der Waals surface area contributed by atoms with Gasteiger partial charge in [0.2, 0.25) is 0 Å². The van der Waals surface area contributed by atoms with Crippen LogP contribution >= 0.6 is 11.8 Å². The van der Waals surface area contributed by atoms with E-state index in [1.807, 2.05) is 18.8 Å². The zero-order valence-corrected chi connectivity index (χ0v) is 17.9. The molecule has 0 aromatic heterocycles. The summed E-state index contributed by atoms with van der Waals surface area (Å²) in [4.78, 5) is 11.0. The van der Waals surface area contributed by atoms with Crippen molar-refractivity contribution in [3.63, 3.8) is 0 Å². The van der Waals surface area contributed by atoms with Crippen molar-refractivity contribution >= 4 is 17.7 Å². The molecule has 0 aliphatic carbocycles. The number of aliphatic imine (C=N–C) groups is 1. The van der Waals surface area contributed by atoms with Crippen molar-refractivity contribution < 1.29 is 0 Å². The Morgan fingerprint density at radius 1 is 1.11 bits per heavy atom. The van der Waals surface area contributed by atoms with Crippen LogP contribution in [0.2, 0.25) is 0 Å². The molecule has 1 aromatic rings. The summed E-state index contributed by atoms with van der Waals surface area (Å²) >= 11 is 1.99. The second-order valence-corrected chi connectivity index (χ2v) is 8.96. The van der Waals surface area contributed by atoms with E-state index in [2.05, 4.69) is 57.4 Å². The number of hydrogen-bond acceptors (Lipinski definition) is 3. The molecule has 4 nitrogen and oxygen atoms in total. The van der Waals surface area contributed by atoms with Gasteiger partial charge in [-0.2, -0.15) is 0 Å². The molecule has 2 aliphatic heterocycles. The van der Waals surface area contributed by atoms with Crippen LogP contribution in [0.15, 0.2) is 40.2 Å². The van der Waals surface area contributed by atoms with Crippen LogP contribution in [0, 0.1) is 11.8 Å². The van der Waals surface area contributed by atoms with E-state index in [1.54, 1.807) is 0 Å². The molecule has 0 spiro atoms. The summed E-state index contributed by atoms with van der Waals surface area (Å²) in [6, 6.07) is 10.8. The van der Waals surface area contributed by atoms with Gasteiger partial charge in [-0.1, -0.05) is 25.1 Å². The minimum atomic E-state index is 0.757. The number of hydrogen-bond donors (Lipinski definition) is 1. The van der Waals surface area contributed by atoms with Gasteiger partial charge < -0.3 is 15.1 Å². The van der Waals surface area contributed by atoms with Gasteiger partial charge in [0.15, 0.2) is 5.96 Å². The van der Waals surface area contributed by atoms with Crippen LogP contribution in [0.4, 0.5) is 0 Å². The molecular weight excluding hydrogens is 352 g/mol. The van der Waals surface area contributed by atoms with Crippen molar-refractivity contribution in [3.05, 3.63) is 30.3 Å². The highest BCUT2D eigenvalue weighted by Crippen LogP contribution is 2.26. The Morgan fingerprint density at radius 3 is 2.56 bits per heavy atom. The van der Waals surface area contributed by atoms with Crippen LogP contribution < -0.4 is 5.32 Å². The Balaban J connectivity index is 1.35. The standard InChI is InChI=1S/C22H36N4S/c1-3-25-14-10-19(11-15-25)9-13-24-22(23-2)26-16-12-20(17-26)18-27-21-7-5-4-6-8-21/h4-8,19-20H,3,9-18H2,1-2H3,(H,23,24). The number of thioether (sulfide) groups is 1. The van der Waals surface area contributed by atoms with E-state index in [1.165, 1.54) is 56.0 Å². The van der Waals surface area contributed by atoms with Gasteiger partial charge in [-0.15, -0.1) is 11.8 Å². The number of likely N-dealkylation sites (tertiary alicyclic amines) is 2. The SMILES string of the molecule is CCN1CCC(CCNC(=NC)N2CCC(CSc3ccccc3)C2)CC1. The third-order valence-electron chi connectivity index (χ3n) is 6.02. The smallest absolute Gasteiger partial charge is 0.193 e. The molecule has 2 heterocycles. The molecular formula is C22H36N4S. The van der Waals surface area contributed by atoms with Crippen molar-refractivity contribution in [2.45, 2.75) is 37.5 Å². The summed E-state index contributed by atoms with van der Waals surface area (Å²) < 4.78 is 0. The number of nitrogens with one attached hydrogen (secondary N) is 1. The highest BCUT2D eigenvalue weighted by molar-refractivity contribution is 7.99. The summed E-state index contributed by atoms with van der Waals surface area (Å²) in [5, 5.41) is 3.63. The van der Waals surface area contributed by atoms with Gasteiger partial charge in [0.25, 0.3) is 0 Å². The fourth-order valence-corrected chi connectivity index (χ4v) is 5.25. The van der Waals surface area contributed by atoms with Crippen LogP contribution in [-0.2, 0) is 0 Å². The van der Waals surface area contributed by atoms with E-state index in [9.17, 15) is 0 Å². The van der Waals surface area contributed by atoms with Gasteiger partial charge in [0.05, 0.1) is 0 Å². The predicted octanol–water partition coefficient (Wildman–Crippen LogP) is 3.80. The molecule has 2 fully saturated rings. The zero-order chi connectivity index (χ0) is 18.9. The average molecular weight is 389 g/mol. The van der Waals surface area contributed by atoms with E-state index < -0.39 is 0 Å². The second kappa shape index (κ2) is 11.0. The lowest BCUT2D eigenvalue weighted by molar-refractivity contribution is 0.187. The average Bonchev–Trinajstić information content (AvgIpc) is 3.20. The van der Waals surface area contributed by atoms with Crippen LogP contribution in [0.1, 0.15) is 32.6 Å². The molecule has 1 atom stereocenters. The topological polar surface area (TPSA) is 30.9 Å². The quantitative estimate of drug-likeness (QED) is 0.437. The van der Waals surface area contributed by atoms with Gasteiger partial charge in [0.1, 0.15) is 0 Å². The monoisotopic (exact) mass is 388 g/mol. The molecule has 0 saturated carbocycles. The molecule has 27 heavy (non-hydrogen) atoms. The minimum absolute atomic E-state index is 0.757. The largest absolute Gasteiger partial charge is 0.356 e. The lowest BCUT2D eigenvalue weighted by atomic mass is 9.93. The van der Waals surface area contributed by atoms with Crippen LogP contribution in [-0.4, -0.2) is 67.8 Å². The van der Waals surface area contributed by atoms with Gasteiger partial charge in [0, 0.05) is 37.3 Å². The molecule has 1 N–H and O–H groups in total. The predicted molar refractivity (Wildman–Crippen MR) is 118 cm³/mol. The maximum absolute atomic E-state index is 4.55. The number of rotatable bonds is 7. The van der Waals surface area contributed by atoms with E-state index in [0.717, 1.165) is 37.4 Å². The molecule has 1 aromatic carbocycles. The molecule has 1 unspecified atom stereocenters. The van der Waals surface area contributed by atoms with Crippen molar-refractivity contribution in [2.24, 2.45) is 16.8 Å². The summed E-state index contributed by atoms with van der Waals surface area (Å²) in [5.41, 5.74) is 0. The number of benzene rings is 1. The highest BCUT2D eigenvalue weighted by atomic mass is 32.2. The third-order valence-corrected chi connectivity index (χ3v) is 7.26. The minimum Gasteiger partial charge on any atom is -0.356 e. The molecule has 3 rings (SSSR count). The van der Waals surface area contributed by atoms with E-state index in [-0.39, 0.29) is 0 Å². The maximum Gasteiger partial charge on any atom is 0.193 e. The van der Waals surface area contributed by atoms with Crippen LogP contribution in [0.3, 0.4) is 0 Å². The first-order chi connectivity index (χ1) is 13.3. The van der Waals surface area contributed by atoms with Crippen molar-refractivity contribution in [2.75, 3.05) is 52.1 Å². The van der Waals surface area contributed by atoms with Crippen molar-refractivity contribution in [1.29, 1.82) is 0 Å². The van der Waals surface area contributed by atoms with E-state index >= 15 is 0 Å². The van der Waals surface area contributed by atoms with E-state index in [0.29, 0.717) is 0 Å². The maximum atomic E-state index is 4.55. The zero-order valence-electron chi connectivity index (χ0n) is 17.1. The lowest BCUT2D eigenvalue weighted by Gasteiger charge is -2.31. The fraction of sp³-hybridized carbons (Fsp3) is 0.682. The van der Waals surface area contributed by atoms with Gasteiger partial charge in [-0.25, -0.2) is 0 Å². The number of nitrogens with zero attached hydrogens (tertiary/aromatic N) is 3. The Morgan fingerprint density at radius 2 is 1.85 bits per heavy atom. The normalized spacial score (nSPS) is 22.4. The molecule has 0 radical (unpaired) electrons. The van der Waals surface area contributed by atoms with Gasteiger partial charge in [-0.05, 0) is 69.3 Å². The van der Waals surface area contributed by atoms with Crippen molar-refractivity contribution in [3.8, 4) is 0 Å². The van der Waals surface area contributed by atoms with Crippen LogP contribution in [0.25, 0.3) is 0 Å². The Bertz CT molecular complexity index is 569. The summed E-state index contributed by atoms with van der Waals surface area (Å²) in [6.45, 7) is 9.36. The molecule has 0 amide bonds. The van der Waals surface area contributed by atoms with Gasteiger partial charge >= 0.3 is 0 Å². The number of piperidine rings is 1.